The van der Waals surface area contributed by atoms with Crippen molar-refractivity contribution < 1.29 is 9.47 Å². The van der Waals surface area contributed by atoms with Gasteiger partial charge in [-0.15, -0.1) is 0 Å². The molecule has 1 heterocycles. The van der Waals surface area contributed by atoms with Crippen LogP contribution >= 0.6 is 12.2 Å². The van der Waals surface area contributed by atoms with Crippen molar-refractivity contribution in [3.8, 4) is 0 Å². The molecular weight excluding hydrogens is 212 g/mol. The van der Waals surface area contributed by atoms with Gasteiger partial charge in [-0.3, -0.25) is 0 Å². The number of rotatable bonds is 5. The van der Waals surface area contributed by atoms with Crippen LogP contribution in [0.15, 0.2) is 0 Å². The summed E-state index contributed by atoms with van der Waals surface area (Å²) in [4.78, 5) is 2.15. The largest absolute Gasteiger partial charge is 0.382 e. The lowest BCUT2D eigenvalue weighted by atomic mass is 10.4. The summed E-state index contributed by atoms with van der Waals surface area (Å²) in [6.45, 7) is 7.83. The van der Waals surface area contributed by atoms with Gasteiger partial charge in [-0.05, 0) is 25.6 Å². The summed E-state index contributed by atoms with van der Waals surface area (Å²) in [6.07, 6.45) is 0.998. The number of morpholine rings is 1. The molecule has 88 valence electrons. The smallest absolute Gasteiger partial charge is 0.169 e. The van der Waals surface area contributed by atoms with Gasteiger partial charge in [0.1, 0.15) is 0 Å². The summed E-state index contributed by atoms with van der Waals surface area (Å²) in [7, 11) is 0. The molecule has 0 unspecified atom stereocenters. The first-order chi connectivity index (χ1) is 7.34. The molecule has 0 amide bonds. The first-order valence-electron chi connectivity index (χ1n) is 5.53. The molecule has 0 aromatic carbocycles. The normalized spacial score (nSPS) is 16.5. The average molecular weight is 232 g/mol. The molecule has 0 aliphatic carbocycles. The van der Waals surface area contributed by atoms with Crippen molar-refractivity contribution in [2.75, 3.05) is 46.1 Å². The molecule has 0 radical (unpaired) electrons. The van der Waals surface area contributed by atoms with Crippen LogP contribution in [-0.2, 0) is 9.47 Å². The van der Waals surface area contributed by atoms with Crippen molar-refractivity contribution in [2.45, 2.75) is 13.3 Å². The van der Waals surface area contributed by atoms with E-state index < -0.39 is 0 Å². The zero-order chi connectivity index (χ0) is 10.9. The van der Waals surface area contributed by atoms with E-state index in [1.807, 2.05) is 6.92 Å². The second kappa shape index (κ2) is 7.84. The molecule has 1 aliphatic rings. The van der Waals surface area contributed by atoms with Gasteiger partial charge in [0.2, 0.25) is 0 Å². The molecule has 0 aromatic heterocycles. The number of hydrogen-bond acceptors (Lipinski definition) is 3. The van der Waals surface area contributed by atoms with Gasteiger partial charge in [0.25, 0.3) is 0 Å². The topological polar surface area (TPSA) is 33.7 Å². The van der Waals surface area contributed by atoms with Crippen molar-refractivity contribution in [3.63, 3.8) is 0 Å². The molecule has 0 bridgehead atoms. The van der Waals surface area contributed by atoms with Crippen LogP contribution in [0, 0.1) is 0 Å². The Balaban J connectivity index is 2.02. The number of nitrogens with one attached hydrogen (secondary N) is 1. The van der Waals surface area contributed by atoms with Gasteiger partial charge >= 0.3 is 0 Å². The SMILES string of the molecule is CCOCCCNC(=S)N1CCOCC1. The quantitative estimate of drug-likeness (QED) is 0.555. The molecule has 1 fully saturated rings. The van der Waals surface area contributed by atoms with Crippen LogP contribution in [-0.4, -0.2) is 56.1 Å². The van der Waals surface area contributed by atoms with Gasteiger partial charge in [-0.2, -0.15) is 0 Å². The zero-order valence-electron chi connectivity index (χ0n) is 9.33. The third kappa shape index (κ3) is 5.30. The van der Waals surface area contributed by atoms with Gasteiger partial charge in [-0.25, -0.2) is 0 Å². The average Bonchev–Trinajstić information content (AvgIpc) is 2.30. The summed E-state index contributed by atoms with van der Waals surface area (Å²) in [6, 6.07) is 0. The zero-order valence-corrected chi connectivity index (χ0v) is 10.1. The van der Waals surface area contributed by atoms with Crippen molar-refractivity contribution in [1.29, 1.82) is 0 Å². The minimum atomic E-state index is 0.779. The molecular formula is C10H20N2O2S. The standard InChI is InChI=1S/C10H20N2O2S/c1-2-13-7-3-4-11-10(15)12-5-8-14-9-6-12/h2-9H2,1H3,(H,11,15). The van der Waals surface area contributed by atoms with E-state index in [2.05, 4.69) is 10.2 Å². The minimum absolute atomic E-state index is 0.779. The van der Waals surface area contributed by atoms with Crippen LogP contribution in [0.25, 0.3) is 0 Å². The van der Waals surface area contributed by atoms with Crippen LogP contribution in [0.2, 0.25) is 0 Å². The Morgan fingerprint density at radius 3 is 2.87 bits per heavy atom. The van der Waals surface area contributed by atoms with E-state index in [0.29, 0.717) is 0 Å². The van der Waals surface area contributed by atoms with Crippen LogP contribution in [0.4, 0.5) is 0 Å². The molecule has 15 heavy (non-hydrogen) atoms. The van der Waals surface area contributed by atoms with Crippen molar-refractivity contribution >= 4 is 17.3 Å². The fourth-order valence-corrected chi connectivity index (χ4v) is 1.68. The number of ether oxygens (including phenoxy) is 2. The van der Waals surface area contributed by atoms with E-state index >= 15 is 0 Å². The predicted molar refractivity (Wildman–Crippen MR) is 64.1 cm³/mol. The van der Waals surface area contributed by atoms with E-state index in [4.69, 9.17) is 21.7 Å². The number of hydrogen-bond donors (Lipinski definition) is 1. The molecule has 4 nitrogen and oxygen atoms in total. The molecule has 5 heteroatoms. The molecule has 0 aromatic rings. The fraction of sp³-hybridized carbons (Fsp3) is 0.900. The lowest BCUT2D eigenvalue weighted by Gasteiger charge is -2.29. The third-order valence-electron chi connectivity index (χ3n) is 2.24. The summed E-state index contributed by atoms with van der Waals surface area (Å²) in [5.74, 6) is 0. The Labute approximate surface area is 96.9 Å². The Bertz CT molecular complexity index is 184. The highest BCUT2D eigenvalue weighted by Gasteiger charge is 2.12. The molecule has 0 saturated carbocycles. The van der Waals surface area contributed by atoms with Crippen LogP contribution < -0.4 is 5.32 Å². The van der Waals surface area contributed by atoms with E-state index in [0.717, 1.165) is 57.6 Å². The predicted octanol–water partition coefficient (Wildman–Crippen LogP) is 0.620. The van der Waals surface area contributed by atoms with E-state index in [9.17, 15) is 0 Å². The second-order valence-corrected chi connectivity index (χ2v) is 3.77. The molecule has 0 spiro atoms. The van der Waals surface area contributed by atoms with E-state index in [1.54, 1.807) is 0 Å². The summed E-state index contributed by atoms with van der Waals surface area (Å²) >= 11 is 5.27. The molecule has 1 saturated heterocycles. The molecule has 0 atom stereocenters. The maximum Gasteiger partial charge on any atom is 0.169 e. The fourth-order valence-electron chi connectivity index (χ4n) is 1.39. The Morgan fingerprint density at radius 1 is 1.47 bits per heavy atom. The Morgan fingerprint density at radius 2 is 2.20 bits per heavy atom. The maximum atomic E-state index is 5.27. The third-order valence-corrected chi connectivity index (χ3v) is 2.65. The van der Waals surface area contributed by atoms with E-state index in [1.165, 1.54) is 0 Å². The summed E-state index contributed by atoms with van der Waals surface area (Å²) in [5.41, 5.74) is 0. The Hall–Kier alpha value is -0.390. The summed E-state index contributed by atoms with van der Waals surface area (Å²) in [5, 5.41) is 4.08. The van der Waals surface area contributed by atoms with E-state index in [-0.39, 0.29) is 0 Å². The maximum absolute atomic E-state index is 5.27. The highest BCUT2D eigenvalue weighted by atomic mass is 32.1. The van der Waals surface area contributed by atoms with Gasteiger partial charge in [0, 0.05) is 32.8 Å². The number of nitrogens with zero attached hydrogens (tertiary/aromatic N) is 1. The van der Waals surface area contributed by atoms with Gasteiger partial charge in [0.15, 0.2) is 5.11 Å². The molecule has 1 rings (SSSR count). The first kappa shape index (κ1) is 12.7. The molecule has 1 aliphatic heterocycles. The van der Waals surface area contributed by atoms with Crippen LogP contribution in [0.1, 0.15) is 13.3 Å². The monoisotopic (exact) mass is 232 g/mol. The minimum Gasteiger partial charge on any atom is -0.382 e. The lowest BCUT2D eigenvalue weighted by molar-refractivity contribution is 0.0676. The molecule has 1 N–H and O–H groups in total. The first-order valence-corrected chi connectivity index (χ1v) is 5.93. The highest BCUT2D eigenvalue weighted by molar-refractivity contribution is 7.80. The summed E-state index contributed by atoms with van der Waals surface area (Å²) < 4.78 is 10.5. The van der Waals surface area contributed by atoms with Gasteiger partial charge in [-0.1, -0.05) is 0 Å². The number of thiocarbonyl (C=S) groups is 1. The van der Waals surface area contributed by atoms with Gasteiger partial charge < -0.3 is 19.7 Å². The van der Waals surface area contributed by atoms with Crippen LogP contribution in [0.5, 0.6) is 0 Å². The van der Waals surface area contributed by atoms with Crippen molar-refractivity contribution in [3.05, 3.63) is 0 Å². The highest BCUT2D eigenvalue weighted by Crippen LogP contribution is 1.97. The lowest BCUT2D eigenvalue weighted by Crippen LogP contribution is -2.46. The Kier molecular flexibility index (Phi) is 6.63. The van der Waals surface area contributed by atoms with Gasteiger partial charge in [0.05, 0.1) is 13.2 Å². The van der Waals surface area contributed by atoms with Crippen molar-refractivity contribution in [2.24, 2.45) is 0 Å². The second-order valence-electron chi connectivity index (χ2n) is 3.38. The van der Waals surface area contributed by atoms with Crippen LogP contribution in [0.3, 0.4) is 0 Å². The van der Waals surface area contributed by atoms with Crippen molar-refractivity contribution in [1.82, 2.24) is 10.2 Å².